The van der Waals surface area contributed by atoms with Gasteiger partial charge < -0.3 is 10.2 Å². The van der Waals surface area contributed by atoms with Crippen LogP contribution in [0, 0.1) is 0 Å². The van der Waals surface area contributed by atoms with Crippen LogP contribution in [0.1, 0.15) is 5.69 Å². The Hall–Kier alpha value is -0.290. The Bertz CT molecular complexity index is 237. The van der Waals surface area contributed by atoms with Crippen molar-refractivity contribution in [2.24, 2.45) is 5.16 Å². The normalized spacial score (nSPS) is 11.0. The molecule has 0 fully saturated rings. The Morgan fingerprint density at radius 2 is 2.30 bits per heavy atom. The summed E-state index contributed by atoms with van der Waals surface area (Å²) < 4.78 is 1.74. The number of halogens is 2. The molecule has 0 amide bonds. The summed E-state index contributed by atoms with van der Waals surface area (Å²) in [6.07, 6.45) is 1.32. The molecule has 5 heteroatoms. The van der Waals surface area contributed by atoms with E-state index in [0.717, 1.165) is 14.8 Å². The summed E-state index contributed by atoms with van der Waals surface area (Å²) in [6.45, 7) is 0. The highest BCUT2D eigenvalue weighted by Crippen LogP contribution is 2.21. The predicted octanol–water partition coefficient (Wildman–Crippen LogP) is 2.35. The van der Waals surface area contributed by atoms with Crippen LogP contribution in [-0.2, 0) is 0 Å². The van der Waals surface area contributed by atoms with Crippen molar-refractivity contribution in [1.29, 1.82) is 0 Å². The Labute approximate surface area is 74.4 Å². The second-order valence-corrected chi connectivity index (χ2v) is 3.28. The minimum Gasteiger partial charge on any atom is -0.411 e. The molecule has 2 N–H and O–H groups in total. The average Bonchev–Trinajstić information content (AvgIpc) is 2.14. The second-order valence-electron chi connectivity index (χ2n) is 1.63. The first-order chi connectivity index (χ1) is 4.74. The fourth-order valence-corrected chi connectivity index (χ4v) is 1.24. The molecule has 0 aromatic carbocycles. The molecule has 0 saturated heterocycles. The Kier molecular flexibility index (Phi) is 2.50. The molecule has 1 rings (SSSR count). The first-order valence-electron chi connectivity index (χ1n) is 2.45. The van der Waals surface area contributed by atoms with Gasteiger partial charge in [-0.25, -0.2) is 0 Å². The van der Waals surface area contributed by atoms with Gasteiger partial charge in [0, 0.05) is 0 Å². The van der Waals surface area contributed by atoms with Crippen LogP contribution in [0.3, 0.4) is 0 Å². The van der Waals surface area contributed by atoms with Gasteiger partial charge in [-0.05, 0) is 37.9 Å². The molecular formula is C5H4Br2N2O. The molecule has 54 valence electrons. The standard InChI is InChI=1S/C5H4Br2N2O/c6-4-1-3(2-8-10)9-5(4)7/h1-2,9-10H/b8-2+. The van der Waals surface area contributed by atoms with Crippen LogP contribution in [0.25, 0.3) is 0 Å². The lowest BCUT2D eigenvalue weighted by Gasteiger charge is -1.79. The third-order valence-electron chi connectivity index (χ3n) is 0.943. The molecule has 10 heavy (non-hydrogen) atoms. The van der Waals surface area contributed by atoms with Gasteiger partial charge in [0.05, 0.1) is 21.0 Å². The number of nitrogens with zero attached hydrogens (tertiary/aromatic N) is 1. The van der Waals surface area contributed by atoms with E-state index in [0.29, 0.717) is 0 Å². The highest BCUT2D eigenvalue weighted by atomic mass is 79.9. The van der Waals surface area contributed by atoms with Gasteiger partial charge in [0.2, 0.25) is 0 Å². The lowest BCUT2D eigenvalue weighted by molar-refractivity contribution is 0.321. The van der Waals surface area contributed by atoms with E-state index in [1.54, 1.807) is 6.07 Å². The van der Waals surface area contributed by atoms with Gasteiger partial charge in [-0.1, -0.05) is 5.16 Å². The Balaban J connectivity index is 2.98. The molecule has 0 aliphatic rings. The zero-order valence-corrected chi connectivity index (χ0v) is 7.98. The van der Waals surface area contributed by atoms with E-state index in [4.69, 9.17) is 5.21 Å². The summed E-state index contributed by atoms with van der Waals surface area (Å²) >= 11 is 6.50. The zero-order chi connectivity index (χ0) is 7.56. The number of hydrogen-bond donors (Lipinski definition) is 2. The molecule has 1 heterocycles. The summed E-state index contributed by atoms with van der Waals surface area (Å²) in [5.74, 6) is 0. The first-order valence-corrected chi connectivity index (χ1v) is 4.04. The van der Waals surface area contributed by atoms with E-state index in [1.807, 2.05) is 0 Å². The zero-order valence-electron chi connectivity index (χ0n) is 4.81. The van der Waals surface area contributed by atoms with Crippen LogP contribution < -0.4 is 0 Å². The fourth-order valence-electron chi connectivity index (χ4n) is 0.554. The molecule has 0 saturated carbocycles. The van der Waals surface area contributed by atoms with Crippen molar-refractivity contribution >= 4 is 38.1 Å². The van der Waals surface area contributed by atoms with E-state index in [1.165, 1.54) is 6.21 Å². The third kappa shape index (κ3) is 1.60. The van der Waals surface area contributed by atoms with Crippen molar-refractivity contribution in [3.8, 4) is 0 Å². The quantitative estimate of drug-likeness (QED) is 0.458. The smallest absolute Gasteiger partial charge is 0.0969 e. The van der Waals surface area contributed by atoms with Crippen molar-refractivity contribution in [1.82, 2.24) is 4.98 Å². The lowest BCUT2D eigenvalue weighted by atomic mass is 10.5. The van der Waals surface area contributed by atoms with Gasteiger partial charge in [-0.3, -0.25) is 0 Å². The van der Waals surface area contributed by atoms with E-state index in [-0.39, 0.29) is 0 Å². The summed E-state index contributed by atoms with van der Waals surface area (Å²) in [5, 5.41) is 11.0. The number of rotatable bonds is 1. The minimum atomic E-state index is 0.737. The third-order valence-corrected chi connectivity index (χ3v) is 2.73. The van der Waals surface area contributed by atoms with Crippen LogP contribution in [-0.4, -0.2) is 16.4 Å². The van der Waals surface area contributed by atoms with Crippen LogP contribution in [0.5, 0.6) is 0 Å². The molecule has 0 atom stereocenters. The molecule has 1 aromatic heterocycles. The fraction of sp³-hybridized carbons (Fsp3) is 0. The van der Waals surface area contributed by atoms with Crippen LogP contribution in [0.4, 0.5) is 0 Å². The maximum Gasteiger partial charge on any atom is 0.0969 e. The number of aromatic nitrogens is 1. The van der Waals surface area contributed by atoms with Gasteiger partial charge in [0.25, 0.3) is 0 Å². The van der Waals surface area contributed by atoms with E-state index >= 15 is 0 Å². The Morgan fingerprint density at radius 3 is 2.70 bits per heavy atom. The van der Waals surface area contributed by atoms with Gasteiger partial charge in [0.15, 0.2) is 0 Å². The van der Waals surface area contributed by atoms with Crippen LogP contribution >= 0.6 is 31.9 Å². The SMILES string of the molecule is O/N=C/c1cc(Br)c(Br)[nH]1. The van der Waals surface area contributed by atoms with Gasteiger partial charge in [-0.15, -0.1) is 0 Å². The molecule has 0 spiro atoms. The van der Waals surface area contributed by atoms with Gasteiger partial charge in [-0.2, -0.15) is 0 Å². The monoisotopic (exact) mass is 266 g/mol. The highest BCUT2D eigenvalue weighted by molar-refractivity contribution is 9.13. The molecule has 3 nitrogen and oxygen atoms in total. The molecule has 0 aliphatic carbocycles. The molecular weight excluding hydrogens is 264 g/mol. The molecule has 0 unspecified atom stereocenters. The molecule has 1 aromatic rings. The number of oxime groups is 1. The lowest BCUT2D eigenvalue weighted by Crippen LogP contribution is -1.77. The second kappa shape index (κ2) is 3.21. The summed E-state index contributed by atoms with van der Waals surface area (Å²) in [4.78, 5) is 2.91. The Morgan fingerprint density at radius 1 is 1.60 bits per heavy atom. The largest absolute Gasteiger partial charge is 0.411 e. The summed E-state index contributed by atoms with van der Waals surface area (Å²) in [5.41, 5.74) is 0.737. The van der Waals surface area contributed by atoms with Crippen molar-refractivity contribution in [2.75, 3.05) is 0 Å². The number of nitrogens with one attached hydrogen (secondary N) is 1. The van der Waals surface area contributed by atoms with Crippen molar-refractivity contribution in [2.45, 2.75) is 0 Å². The molecule has 0 aliphatic heterocycles. The van der Waals surface area contributed by atoms with Crippen molar-refractivity contribution in [3.05, 3.63) is 20.8 Å². The van der Waals surface area contributed by atoms with Gasteiger partial charge in [0.1, 0.15) is 0 Å². The van der Waals surface area contributed by atoms with Crippen LogP contribution in [0.15, 0.2) is 20.3 Å². The number of H-pyrrole nitrogens is 1. The van der Waals surface area contributed by atoms with Crippen LogP contribution in [0.2, 0.25) is 0 Å². The molecule has 0 radical (unpaired) electrons. The minimum absolute atomic E-state index is 0.737. The van der Waals surface area contributed by atoms with E-state index in [2.05, 4.69) is 42.0 Å². The average molecular weight is 268 g/mol. The first kappa shape index (κ1) is 7.81. The van der Waals surface area contributed by atoms with E-state index in [9.17, 15) is 0 Å². The van der Waals surface area contributed by atoms with Crippen molar-refractivity contribution in [3.63, 3.8) is 0 Å². The predicted molar refractivity (Wildman–Crippen MR) is 45.6 cm³/mol. The number of aromatic amines is 1. The van der Waals surface area contributed by atoms with Gasteiger partial charge >= 0.3 is 0 Å². The van der Waals surface area contributed by atoms with E-state index < -0.39 is 0 Å². The van der Waals surface area contributed by atoms with Crippen molar-refractivity contribution < 1.29 is 5.21 Å². The topological polar surface area (TPSA) is 48.4 Å². The summed E-state index contributed by atoms with van der Waals surface area (Å²) in [7, 11) is 0. The maximum atomic E-state index is 8.14. The number of hydrogen-bond acceptors (Lipinski definition) is 2. The maximum absolute atomic E-state index is 8.14. The highest BCUT2D eigenvalue weighted by Gasteiger charge is 1.99. The molecule has 0 bridgehead atoms. The summed E-state index contributed by atoms with van der Waals surface area (Å²) in [6, 6.07) is 1.80.